The van der Waals surface area contributed by atoms with Crippen molar-refractivity contribution in [3.8, 4) is 11.5 Å². The van der Waals surface area contributed by atoms with E-state index in [9.17, 15) is 9.18 Å². The van der Waals surface area contributed by atoms with E-state index in [1.807, 2.05) is 54.6 Å². The highest BCUT2D eigenvalue weighted by atomic mass is 79.9. The summed E-state index contributed by atoms with van der Waals surface area (Å²) < 4.78 is 36.4. The quantitative estimate of drug-likeness (QED) is 0.118. The second-order valence-electron chi connectivity index (χ2n) is 9.05. The van der Waals surface area contributed by atoms with E-state index in [2.05, 4.69) is 20.8 Å². The third kappa shape index (κ3) is 7.75. The molecule has 0 atom stereocenters. The summed E-state index contributed by atoms with van der Waals surface area (Å²) in [7, 11) is 4.47. The minimum Gasteiger partial charge on any atom is -0.497 e. The topological polar surface area (TPSA) is 70.1 Å². The molecule has 214 valence electrons. The Hall–Kier alpha value is -3.66. The van der Waals surface area contributed by atoms with Gasteiger partial charge in [-0.1, -0.05) is 48.0 Å². The number of anilines is 1. The van der Waals surface area contributed by atoms with Gasteiger partial charge < -0.3 is 23.8 Å². The maximum Gasteiger partial charge on any atom is 0.341 e. The second kappa shape index (κ2) is 14.3. The van der Waals surface area contributed by atoms with Gasteiger partial charge in [-0.25, -0.2) is 14.2 Å². The number of hydrogen-bond donors (Lipinski definition) is 0. The summed E-state index contributed by atoms with van der Waals surface area (Å²) in [5.74, 6) is 0.719. The molecule has 7 nitrogen and oxygen atoms in total. The van der Waals surface area contributed by atoms with Gasteiger partial charge in [-0.2, -0.15) is 0 Å². The van der Waals surface area contributed by atoms with E-state index in [1.165, 1.54) is 19.2 Å². The minimum absolute atomic E-state index is 0.0150. The molecule has 0 N–H and O–H groups in total. The Labute approximate surface area is 251 Å². The van der Waals surface area contributed by atoms with Gasteiger partial charge in [0.2, 0.25) is 0 Å². The third-order valence-electron chi connectivity index (χ3n) is 6.36. The molecule has 0 aliphatic heterocycles. The number of methoxy groups -OCH3 is 3. The highest BCUT2D eigenvalue weighted by Gasteiger charge is 2.20. The second-order valence-corrected chi connectivity index (χ2v) is 10.3. The fourth-order valence-electron chi connectivity index (χ4n) is 4.27. The van der Waals surface area contributed by atoms with Crippen molar-refractivity contribution in [3.05, 3.63) is 116 Å². The average Bonchev–Trinajstić information content (AvgIpc) is 2.99. The molecule has 41 heavy (non-hydrogen) atoms. The van der Waals surface area contributed by atoms with Gasteiger partial charge in [0, 0.05) is 18.7 Å². The zero-order valence-corrected chi connectivity index (χ0v) is 25.2. The monoisotopic (exact) mass is 642 g/mol. The highest BCUT2D eigenvalue weighted by Crippen LogP contribution is 2.31. The van der Waals surface area contributed by atoms with Crippen LogP contribution in [0.5, 0.6) is 11.5 Å². The summed E-state index contributed by atoms with van der Waals surface area (Å²) in [6.07, 6.45) is 0. The fraction of sp³-hybridized carbons (Fsp3) is 0.226. The summed E-state index contributed by atoms with van der Waals surface area (Å²) in [6, 6.07) is 21.8. The molecule has 0 saturated carbocycles. The third-order valence-corrected chi connectivity index (χ3v) is 7.48. The van der Waals surface area contributed by atoms with Gasteiger partial charge in [0.25, 0.3) is 0 Å². The molecule has 4 rings (SSSR count). The van der Waals surface area contributed by atoms with E-state index >= 15 is 0 Å². The first-order chi connectivity index (χ1) is 19.8. The van der Waals surface area contributed by atoms with E-state index < -0.39 is 11.8 Å². The predicted octanol–water partition coefficient (Wildman–Crippen LogP) is 7.36. The molecule has 0 spiro atoms. The molecule has 1 heterocycles. The molecule has 0 saturated heterocycles. The molecule has 0 unspecified atom stereocenters. The number of esters is 1. The molecule has 10 heteroatoms. The van der Waals surface area contributed by atoms with Crippen LogP contribution in [0.25, 0.3) is 0 Å². The van der Waals surface area contributed by atoms with E-state index in [-0.39, 0.29) is 18.8 Å². The van der Waals surface area contributed by atoms with Crippen molar-refractivity contribution < 1.29 is 28.1 Å². The van der Waals surface area contributed by atoms with Crippen LogP contribution in [0.4, 0.5) is 10.2 Å². The van der Waals surface area contributed by atoms with Crippen LogP contribution in [-0.2, 0) is 35.8 Å². The van der Waals surface area contributed by atoms with Gasteiger partial charge in [0.15, 0.2) is 0 Å². The number of carbonyl (C=O) groups is 1. The maximum atomic E-state index is 14.4. The number of aromatic nitrogens is 1. The lowest BCUT2D eigenvalue weighted by atomic mass is 10.1. The first kappa shape index (κ1) is 30.3. The number of nitrogens with zero attached hydrogens (tertiary/aromatic N) is 2. The standard InChI is InChI=1S/C31H29BrClFN2O5/c1-38-24-11-7-20(8-12-24)16-36(17-21-9-13-25(39-2)14-10-21)30-23(15-26(32)29(33)35-30)19-41-18-22-5-4-6-27(34)28(22)31(37)40-3/h4-15H,16-19H2,1-3H3. The van der Waals surface area contributed by atoms with E-state index in [0.717, 1.165) is 28.2 Å². The van der Waals surface area contributed by atoms with Crippen molar-refractivity contribution in [2.45, 2.75) is 26.3 Å². The lowest BCUT2D eigenvalue weighted by molar-refractivity contribution is 0.0584. The molecule has 0 radical (unpaired) electrons. The van der Waals surface area contributed by atoms with Crippen LogP contribution in [0.1, 0.15) is 32.6 Å². The molecule has 1 aromatic heterocycles. The molecule has 0 fully saturated rings. The number of rotatable bonds is 12. The average molecular weight is 644 g/mol. The van der Waals surface area contributed by atoms with E-state index in [0.29, 0.717) is 34.1 Å². The van der Waals surface area contributed by atoms with Gasteiger partial charge in [0.1, 0.15) is 33.9 Å². The number of halogens is 3. The van der Waals surface area contributed by atoms with Gasteiger partial charge in [-0.05, 0) is 69.0 Å². The van der Waals surface area contributed by atoms with E-state index in [4.69, 9.17) is 35.5 Å². The van der Waals surface area contributed by atoms with Crippen molar-refractivity contribution in [2.75, 3.05) is 26.2 Å². The van der Waals surface area contributed by atoms with Crippen LogP contribution < -0.4 is 14.4 Å². The van der Waals surface area contributed by atoms with Crippen LogP contribution in [0.15, 0.2) is 77.3 Å². The molecular formula is C31H29BrClFN2O5. The number of pyridine rings is 1. The van der Waals surface area contributed by atoms with Crippen LogP contribution >= 0.6 is 27.5 Å². The summed E-state index contributed by atoms with van der Waals surface area (Å²) in [4.78, 5) is 19.0. The van der Waals surface area contributed by atoms with E-state index in [1.54, 1.807) is 20.3 Å². The van der Waals surface area contributed by atoms with Gasteiger partial charge >= 0.3 is 5.97 Å². The van der Waals surface area contributed by atoms with Crippen molar-refractivity contribution >= 4 is 39.3 Å². The fourth-order valence-corrected chi connectivity index (χ4v) is 4.77. The highest BCUT2D eigenvalue weighted by molar-refractivity contribution is 9.10. The summed E-state index contributed by atoms with van der Waals surface area (Å²) in [5, 5.41) is 0.302. The molecular weight excluding hydrogens is 615 g/mol. The van der Waals surface area contributed by atoms with Crippen molar-refractivity contribution in [1.82, 2.24) is 4.98 Å². The first-order valence-corrected chi connectivity index (χ1v) is 13.8. The van der Waals surface area contributed by atoms with Crippen LogP contribution in [0, 0.1) is 5.82 Å². The Bertz CT molecular complexity index is 1440. The number of benzene rings is 3. The minimum atomic E-state index is -0.761. The van der Waals surface area contributed by atoms with Gasteiger partial charge in [-0.3, -0.25) is 0 Å². The lowest BCUT2D eigenvalue weighted by Gasteiger charge is -2.27. The largest absolute Gasteiger partial charge is 0.497 e. The Kier molecular flexibility index (Phi) is 10.6. The van der Waals surface area contributed by atoms with Crippen molar-refractivity contribution in [2.24, 2.45) is 0 Å². The lowest BCUT2D eigenvalue weighted by Crippen LogP contribution is -2.25. The zero-order valence-electron chi connectivity index (χ0n) is 22.8. The van der Waals surface area contributed by atoms with Crippen LogP contribution in [0.2, 0.25) is 5.15 Å². The summed E-state index contributed by atoms with van der Waals surface area (Å²) in [5.41, 5.74) is 3.06. The Morgan fingerprint density at radius 3 is 1.98 bits per heavy atom. The predicted molar refractivity (Wildman–Crippen MR) is 159 cm³/mol. The molecule has 3 aromatic carbocycles. The Balaban J connectivity index is 1.65. The summed E-state index contributed by atoms with van der Waals surface area (Å²) in [6.45, 7) is 1.14. The van der Waals surface area contributed by atoms with Crippen molar-refractivity contribution in [1.29, 1.82) is 0 Å². The molecule has 0 amide bonds. The first-order valence-electron chi connectivity index (χ1n) is 12.6. The number of carbonyl (C=O) groups excluding carboxylic acids is 1. The maximum absolute atomic E-state index is 14.4. The Morgan fingerprint density at radius 1 is 0.878 bits per heavy atom. The molecule has 4 aromatic rings. The van der Waals surface area contributed by atoms with Gasteiger partial charge in [0.05, 0.1) is 39.0 Å². The van der Waals surface area contributed by atoms with Gasteiger partial charge in [-0.15, -0.1) is 0 Å². The molecule has 0 bridgehead atoms. The molecule has 0 aliphatic carbocycles. The zero-order chi connectivity index (χ0) is 29.4. The number of ether oxygens (including phenoxy) is 4. The SMILES string of the molecule is COC(=O)c1c(F)cccc1COCc1cc(Br)c(Cl)nc1N(Cc1ccc(OC)cc1)Cc1ccc(OC)cc1. The number of hydrogen-bond acceptors (Lipinski definition) is 7. The molecule has 0 aliphatic rings. The Morgan fingerprint density at radius 2 is 1.44 bits per heavy atom. The van der Waals surface area contributed by atoms with Crippen LogP contribution in [-0.4, -0.2) is 32.3 Å². The smallest absolute Gasteiger partial charge is 0.341 e. The normalized spacial score (nSPS) is 10.8. The van der Waals surface area contributed by atoms with Crippen molar-refractivity contribution in [3.63, 3.8) is 0 Å². The van der Waals surface area contributed by atoms with Crippen LogP contribution in [0.3, 0.4) is 0 Å². The summed E-state index contributed by atoms with van der Waals surface area (Å²) >= 11 is 9.96.